The number of fused-ring (bicyclic) bond motifs is 1. The molecule has 2 atom stereocenters. The van der Waals surface area contributed by atoms with Gasteiger partial charge in [0.1, 0.15) is 0 Å². The SMILES string of the molecule is Cc1cc2c([nH]1)C(O)N(C1CCNCC1)C(O)N2. The van der Waals surface area contributed by atoms with Crippen molar-refractivity contribution in [3.8, 4) is 0 Å². The van der Waals surface area contributed by atoms with Gasteiger partial charge in [0, 0.05) is 11.7 Å². The molecule has 0 radical (unpaired) electrons. The molecule has 18 heavy (non-hydrogen) atoms. The van der Waals surface area contributed by atoms with Crippen molar-refractivity contribution in [3.63, 3.8) is 0 Å². The fraction of sp³-hybridized carbons (Fsp3) is 0.667. The van der Waals surface area contributed by atoms with E-state index in [1.54, 1.807) is 4.90 Å². The highest BCUT2D eigenvalue weighted by molar-refractivity contribution is 5.53. The molecule has 0 saturated carbocycles. The molecule has 1 aromatic rings. The Kier molecular flexibility index (Phi) is 3.03. The molecule has 0 aromatic carbocycles. The van der Waals surface area contributed by atoms with Gasteiger partial charge in [0.15, 0.2) is 12.6 Å². The number of nitrogens with one attached hydrogen (secondary N) is 3. The van der Waals surface area contributed by atoms with Gasteiger partial charge in [-0.25, -0.2) is 4.90 Å². The number of aliphatic hydroxyl groups is 2. The number of piperidine rings is 1. The highest BCUT2D eigenvalue weighted by Gasteiger charge is 2.38. The zero-order valence-corrected chi connectivity index (χ0v) is 10.5. The normalized spacial score (nSPS) is 29.9. The predicted molar refractivity (Wildman–Crippen MR) is 67.8 cm³/mol. The summed E-state index contributed by atoms with van der Waals surface area (Å²) in [4.78, 5) is 4.90. The zero-order chi connectivity index (χ0) is 12.7. The summed E-state index contributed by atoms with van der Waals surface area (Å²) in [6.07, 6.45) is 0.272. The van der Waals surface area contributed by atoms with Gasteiger partial charge < -0.3 is 25.8 Å². The molecule has 0 amide bonds. The van der Waals surface area contributed by atoms with Crippen molar-refractivity contribution in [2.24, 2.45) is 0 Å². The van der Waals surface area contributed by atoms with Crippen LogP contribution in [0.15, 0.2) is 6.07 Å². The average molecular weight is 252 g/mol. The van der Waals surface area contributed by atoms with Crippen LogP contribution in [0.5, 0.6) is 0 Å². The minimum atomic E-state index is -0.828. The number of aliphatic hydroxyl groups excluding tert-OH is 2. The maximum absolute atomic E-state index is 10.4. The van der Waals surface area contributed by atoms with Gasteiger partial charge in [-0.15, -0.1) is 0 Å². The van der Waals surface area contributed by atoms with Gasteiger partial charge in [-0.05, 0) is 38.9 Å². The first-order valence-corrected chi connectivity index (χ1v) is 6.47. The number of rotatable bonds is 1. The minimum Gasteiger partial charge on any atom is -0.372 e. The second-order valence-electron chi connectivity index (χ2n) is 5.10. The van der Waals surface area contributed by atoms with Gasteiger partial charge >= 0.3 is 0 Å². The maximum atomic E-state index is 10.4. The molecule has 2 unspecified atom stereocenters. The third kappa shape index (κ3) is 1.91. The Morgan fingerprint density at radius 1 is 1.28 bits per heavy atom. The lowest BCUT2D eigenvalue weighted by Gasteiger charge is -2.43. The van der Waals surface area contributed by atoms with Crippen molar-refractivity contribution < 1.29 is 10.2 Å². The molecule has 3 rings (SSSR count). The van der Waals surface area contributed by atoms with Gasteiger partial charge in [0.25, 0.3) is 0 Å². The number of aromatic amines is 1. The van der Waals surface area contributed by atoms with Gasteiger partial charge in [-0.1, -0.05) is 0 Å². The van der Waals surface area contributed by atoms with Gasteiger partial charge in [0.2, 0.25) is 0 Å². The van der Waals surface area contributed by atoms with E-state index >= 15 is 0 Å². The first-order valence-electron chi connectivity index (χ1n) is 6.47. The standard InChI is InChI=1S/C12H20N4O2/c1-7-6-9-10(14-7)11(17)16(12(18)15-9)8-2-4-13-5-3-8/h6,8,11-15,17-18H,2-5H2,1H3. The van der Waals surface area contributed by atoms with E-state index in [1.807, 2.05) is 13.0 Å². The lowest BCUT2D eigenvalue weighted by atomic mass is 10.0. The van der Waals surface area contributed by atoms with Crippen molar-refractivity contribution in [1.82, 2.24) is 15.2 Å². The van der Waals surface area contributed by atoms with E-state index in [2.05, 4.69) is 15.6 Å². The van der Waals surface area contributed by atoms with Crippen LogP contribution in [-0.2, 0) is 0 Å². The Hall–Kier alpha value is -1.08. The summed E-state index contributed by atoms with van der Waals surface area (Å²) in [5.74, 6) is 0. The van der Waals surface area contributed by atoms with Crippen molar-refractivity contribution >= 4 is 5.69 Å². The lowest BCUT2D eigenvalue weighted by Crippen LogP contribution is -2.54. The molecule has 100 valence electrons. The number of aryl methyl sites for hydroxylation is 1. The van der Waals surface area contributed by atoms with Crippen LogP contribution in [0.25, 0.3) is 0 Å². The highest BCUT2D eigenvalue weighted by atomic mass is 16.3. The van der Waals surface area contributed by atoms with Crippen LogP contribution in [0.4, 0.5) is 5.69 Å². The fourth-order valence-electron chi connectivity index (χ4n) is 2.93. The van der Waals surface area contributed by atoms with Crippen LogP contribution in [0, 0.1) is 6.92 Å². The first-order chi connectivity index (χ1) is 8.66. The summed E-state index contributed by atoms with van der Waals surface area (Å²) in [7, 11) is 0. The molecule has 2 aliphatic heterocycles. The number of H-pyrrole nitrogens is 1. The molecule has 3 heterocycles. The molecular weight excluding hydrogens is 232 g/mol. The van der Waals surface area contributed by atoms with Crippen LogP contribution < -0.4 is 10.6 Å². The van der Waals surface area contributed by atoms with Crippen LogP contribution >= 0.6 is 0 Å². The van der Waals surface area contributed by atoms with E-state index < -0.39 is 12.6 Å². The third-order valence-corrected chi connectivity index (χ3v) is 3.82. The molecule has 0 bridgehead atoms. The van der Waals surface area contributed by atoms with E-state index in [9.17, 15) is 10.2 Å². The molecule has 0 spiro atoms. The highest BCUT2D eigenvalue weighted by Crippen LogP contribution is 2.35. The number of aromatic nitrogens is 1. The smallest absolute Gasteiger partial charge is 0.186 e. The number of anilines is 1. The summed E-state index contributed by atoms with van der Waals surface area (Å²) < 4.78 is 0. The first kappa shape index (κ1) is 12.0. The summed E-state index contributed by atoms with van der Waals surface area (Å²) in [5.41, 5.74) is 2.51. The van der Waals surface area contributed by atoms with Crippen LogP contribution in [-0.4, -0.2) is 45.6 Å². The van der Waals surface area contributed by atoms with Crippen molar-refractivity contribution in [2.45, 2.75) is 38.4 Å². The molecule has 1 fully saturated rings. The van der Waals surface area contributed by atoms with E-state index in [-0.39, 0.29) is 6.04 Å². The van der Waals surface area contributed by atoms with Gasteiger partial charge in [-0.2, -0.15) is 0 Å². The number of hydrogen-bond donors (Lipinski definition) is 5. The van der Waals surface area contributed by atoms with E-state index in [4.69, 9.17) is 0 Å². The Balaban J connectivity index is 1.87. The maximum Gasteiger partial charge on any atom is 0.186 e. The third-order valence-electron chi connectivity index (χ3n) is 3.82. The molecular formula is C12H20N4O2. The van der Waals surface area contributed by atoms with E-state index in [0.29, 0.717) is 0 Å². The zero-order valence-electron chi connectivity index (χ0n) is 10.5. The summed E-state index contributed by atoms with van der Waals surface area (Å²) in [6.45, 7) is 3.79. The van der Waals surface area contributed by atoms with Crippen LogP contribution in [0.1, 0.15) is 30.5 Å². The summed E-state index contributed by atoms with van der Waals surface area (Å²) in [5, 5.41) is 26.9. The van der Waals surface area contributed by atoms with E-state index in [0.717, 1.165) is 43.0 Å². The molecule has 1 saturated heterocycles. The van der Waals surface area contributed by atoms with Gasteiger partial charge in [0.05, 0.1) is 11.4 Å². The predicted octanol–water partition coefficient (Wildman–Crippen LogP) is 0.0694. The summed E-state index contributed by atoms with van der Waals surface area (Å²) >= 11 is 0. The lowest BCUT2D eigenvalue weighted by molar-refractivity contribution is -0.128. The van der Waals surface area contributed by atoms with Crippen molar-refractivity contribution in [1.29, 1.82) is 0 Å². The number of nitrogens with zero attached hydrogens (tertiary/aromatic N) is 1. The molecule has 0 aliphatic carbocycles. The molecule has 5 N–H and O–H groups in total. The Bertz CT molecular complexity index is 428. The Morgan fingerprint density at radius 2 is 2.00 bits per heavy atom. The number of hydrogen-bond acceptors (Lipinski definition) is 5. The minimum absolute atomic E-state index is 0.195. The topological polar surface area (TPSA) is 83.5 Å². The largest absolute Gasteiger partial charge is 0.372 e. The van der Waals surface area contributed by atoms with Crippen LogP contribution in [0.2, 0.25) is 0 Å². The van der Waals surface area contributed by atoms with Gasteiger partial charge in [-0.3, -0.25) is 0 Å². The van der Waals surface area contributed by atoms with Crippen molar-refractivity contribution in [3.05, 3.63) is 17.5 Å². The van der Waals surface area contributed by atoms with E-state index in [1.165, 1.54) is 0 Å². The molecule has 6 heteroatoms. The Labute approximate surface area is 106 Å². The molecule has 6 nitrogen and oxygen atoms in total. The average Bonchev–Trinajstić information content (AvgIpc) is 2.71. The quantitative estimate of drug-likeness (QED) is 0.488. The second-order valence-corrected chi connectivity index (χ2v) is 5.10. The molecule has 2 aliphatic rings. The van der Waals surface area contributed by atoms with Crippen molar-refractivity contribution in [2.75, 3.05) is 18.4 Å². The molecule has 1 aromatic heterocycles. The monoisotopic (exact) mass is 252 g/mol. The fourth-order valence-corrected chi connectivity index (χ4v) is 2.93. The second kappa shape index (κ2) is 4.55. The Morgan fingerprint density at radius 3 is 2.72 bits per heavy atom. The summed E-state index contributed by atoms with van der Waals surface area (Å²) in [6, 6.07) is 2.10. The van der Waals surface area contributed by atoms with Crippen LogP contribution in [0.3, 0.4) is 0 Å².